The molecule has 0 amide bonds. The van der Waals surface area contributed by atoms with Gasteiger partial charge in [0.05, 0.1) is 19.5 Å². The summed E-state index contributed by atoms with van der Waals surface area (Å²) in [6.45, 7) is 4.16. The summed E-state index contributed by atoms with van der Waals surface area (Å²) in [7, 11) is 3.81. The van der Waals surface area contributed by atoms with E-state index in [0.717, 1.165) is 12.1 Å². The highest BCUT2D eigenvalue weighted by Crippen LogP contribution is 2.13. The van der Waals surface area contributed by atoms with Crippen molar-refractivity contribution in [2.24, 2.45) is 0 Å². The Morgan fingerprint density at radius 1 is 1.14 bits per heavy atom. The molecule has 0 spiro atoms. The second-order valence-corrected chi connectivity index (χ2v) is 4.65. The summed E-state index contributed by atoms with van der Waals surface area (Å²) >= 11 is 0. The molecule has 0 bridgehead atoms. The summed E-state index contributed by atoms with van der Waals surface area (Å²) in [5, 5.41) is 0. The fourth-order valence-corrected chi connectivity index (χ4v) is 1.63. The molecule has 0 aliphatic carbocycles. The van der Waals surface area contributed by atoms with E-state index in [1.165, 1.54) is 6.26 Å². The van der Waals surface area contributed by atoms with Gasteiger partial charge in [0.1, 0.15) is 0 Å². The van der Waals surface area contributed by atoms with E-state index >= 15 is 0 Å². The zero-order valence-corrected chi connectivity index (χ0v) is 12.5. The Labute approximate surface area is 125 Å². The largest absolute Gasteiger partial charge is 0.502 e. The monoisotopic (exact) mass is 291 g/mol. The van der Waals surface area contributed by atoms with Crippen molar-refractivity contribution >= 4 is 17.4 Å². The van der Waals surface area contributed by atoms with Crippen molar-refractivity contribution in [3.63, 3.8) is 0 Å². The average molecular weight is 291 g/mol. The van der Waals surface area contributed by atoms with Crippen LogP contribution in [0.15, 0.2) is 37.1 Å². The molecular formula is C16H21NO4. The molecule has 0 aliphatic rings. The number of benzene rings is 1. The molecule has 5 nitrogen and oxygen atoms in total. The summed E-state index contributed by atoms with van der Waals surface area (Å²) in [5.41, 5.74) is 1.29. The Hall–Kier alpha value is -2.30. The van der Waals surface area contributed by atoms with E-state index in [2.05, 4.69) is 6.58 Å². The number of anilines is 1. The van der Waals surface area contributed by atoms with E-state index in [4.69, 9.17) is 9.47 Å². The summed E-state index contributed by atoms with van der Waals surface area (Å²) in [4.78, 5) is 25.4. The average Bonchev–Trinajstić information content (AvgIpc) is 2.49. The van der Waals surface area contributed by atoms with E-state index in [-0.39, 0.29) is 6.61 Å². The molecule has 0 atom stereocenters. The number of nitrogens with zero attached hydrogens (tertiary/aromatic N) is 1. The lowest BCUT2D eigenvalue weighted by Gasteiger charge is -2.12. The van der Waals surface area contributed by atoms with Gasteiger partial charge in [-0.05, 0) is 37.1 Å². The van der Waals surface area contributed by atoms with Gasteiger partial charge in [-0.25, -0.2) is 4.79 Å². The molecule has 0 N–H and O–H groups in total. The smallest absolute Gasteiger partial charge is 0.379 e. The van der Waals surface area contributed by atoms with Crippen LogP contribution in [0.3, 0.4) is 0 Å². The van der Waals surface area contributed by atoms with Crippen molar-refractivity contribution in [1.82, 2.24) is 0 Å². The number of ketones is 1. The van der Waals surface area contributed by atoms with E-state index in [1.807, 2.05) is 19.0 Å². The number of ether oxygens (including phenoxy) is 2. The van der Waals surface area contributed by atoms with Crippen molar-refractivity contribution in [2.75, 3.05) is 32.2 Å². The first kappa shape index (κ1) is 16.8. The number of unbranched alkanes of at least 4 members (excludes halogenated alkanes) is 1. The molecule has 0 aromatic heterocycles. The van der Waals surface area contributed by atoms with Crippen LogP contribution in [0.25, 0.3) is 0 Å². The van der Waals surface area contributed by atoms with Crippen LogP contribution in [0.5, 0.6) is 0 Å². The minimum atomic E-state index is -0.822. The fraction of sp³-hybridized carbons (Fsp3) is 0.375. The van der Waals surface area contributed by atoms with Gasteiger partial charge in [-0.1, -0.05) is 6.58 Å². The molecule has 0 radical (unpaired) electrons. The highest BCUT2D eigenvalue weighted by atomic mass is 16.5. The van der Waals surface area contributed by atoms with Crippen molar-refractivity contribution < 1.29 is 19.1 Å². The second-order valence-electron chi connectivity index (χ2n) is 4.65. The maximum absolute atomic E-state index is 11.9. The van der Waals surface area contributed by atoms with Crippen molar-refractivity contribution in [3.05, 3.63) is 42.7 Å². The zero-order chi connectivity index (χ0) is 15.7. The Morgan fingerprint density at radius 3 is 2.33 bits per heavy atom. The van der Waals surface area contributed by atoms with Gasteiger partial charge < -0.3 is 14.4 Å². The van der Waals surface area contributed by atoms with Crippen LogP contribution in [-0.4, -0.2) is 39.1 Å². The maximum atomic E-state index is 11.9. The lowest BCUT2D eigenvalue weighted by atomic mass is 10.1. The first-order valence-corrected chi connectivity index (χ1v) is 6.77. The molecule has 0 heterocycles. The van der Waals surface area contributed by atoms with Crippen LogP contribution >= 0.6 is 0 Å². The molecule has 1 rings (SSSR count). The highest BCUT2D eigenvalue weighted by Gasteiger charge is 2.17. The molecule has 0 saturated carbocycles. The van der Waals surface area contributed by atoms with Crippen molar-refractivity contribution in [1.29, 1.82) is 0 Å². The Morgan fingerprint density at radius 2 is 1.76 bits per heavy atom. The number of carbonyl (C=O) groups excluding carboxylic acids is 2. The lowest BCUT2D eigenvalue weighted by Crippen LogP contribution is -2.18. The maximum Gasteiger partial charge on any atom is 0.379 e. The van der Waals surface area contributed by atoms with E-state index in [9.17, 15) is 9.59 Å². The van der Waals surface area contributed by atoms with Crippen LogP contribution in [0.1, 0.15) is 23.2 Å². The minimum Gasteiger partial charge on any atom is -0.502 e. The van der Waals surface area contributed by atoms with Gasteiger partial charge >= 0.3 is 5.97 Å². The van der Waals surface area contributed by atoms with E-state index < -0.39 is 11.8 Å². The number of Topliss-reactive ketones (excluding diaryl/α,β-unsaturated/α-hetero) is 1. The fourth-order valence-electron chi connectivity index (χ4n) is 1.63. The summed E-state index contributed by atoms with van der Waals surface area (Å²) < 4.78 is 9.88. The first-order chi connectivity index (χ1) is 10.1. The Bertz CT molecular complexity index is 480. The van der Waals surface area contributed by atoms with E-state index in [0.29, 0.717) is 18.6 Å². The molecule has 1 aromatic rings. The van der Waals surface area contributed by atoms with Crippen molar-refractivity contribution in [3.8, 4) is 0 Å². The third kappa shape index (κ3) is 5.69. The standard InChI is InChI=1S/C16H21NO4/c1-4-20-11-5-6-12-21-16(19)15(18)13-7-9-14(10-8-13)17(2)3/h4,7-10H,1,5-6,11-12H2,2-3H3. The van der Waals surface area contributed by atoms with Crippen LogP contribution < -0.4 is 4.90 Å². The van der Waals surface area contributed by atoms with Gasteiger partial charge in [-0.2, -0.15) is 0 Å². The third-order valence-corrected chi connectivity index (χ3v) is 2.84. The molecule has 0 aliphatic heterocycles. The summed E-state index contributed by atoms with van der Waals surface area (Å²) in [6.07, 6.45) is 2.75. The second kappa shape index (κ2) is 8.79. The predicted molar refractivity (Wildman–Crippen MR) is 81.4 cm³/mol. The molecule has 5 heteroatoms. The number of esters is 1. The van der Waals surface area contributed by atoms with Crippen LogP contribution in [0.4, 0.5) is 5.69 Å². The van der Waals surface area contributed by atoms with Gasteiger partial charge in [0.15, 0.2) is 0 Å². The Balaban J connectivity index is 2.40. The number of rotatable bonds is 9. The zero-order valence-electron chi connectivity index (χ0n) is 12.5. The first-order valence-electron chi connectivity index (χ1n) is 6.77. The van der Waals surface area contributed by atoms with E-state index in [1.54, 1.807) is 24.3 Å². The number of hydrogen-bond donors (Lipinski definition) is 0. The number of carbonyl (C=O) groups is 2. The van der Waals surface area contributed by atoms with Crippen LogP contribution in [0, 0.1) is 0 Å². The quantitative estimate of drug-likeness (QED) is 0.230. The number of hydrogen-bond acceptors (Lipinski definition) is 5. The molecule has 114 valence electrons. The summed E-state index contributed by atoms with van der Waals surface area (Å²) in [5.74, 6) is -1.44. The minimum absolute atomic E-state index is 0.209. The normalized spacial score (nSPS) is 9.81. The summed E-state index contributed by atoms with van der Waals surface area (Å²) in [6, 6.07) is 6.81. The van der Waals surface area contributed by atoms with Crippen molar-refractivity contribution in [2.45, 2.75) is 12.8 Å². The molecule has 21 heavy (non-hydrogen) atoms. The van der Waals surface area contributed by atoms with Gasteiger partial charge in [-0.3, -0.25) is 4.79 Å². The third-order valence-electron chi connectivity index (χ3n) is 2.84. The highest BCUT2D eigenvalue weighted by molar-refractivity contribution is 6.40. The van der Waals surface area contributed by atoms with Gasteiger partial charge in [-0.15, -0.1) is 0 Å². The SMILES string of the molecule is C=COCCCCOC(=O)C(=O)c1ccc(N(C)C)cc1. The van der Waals surface area contributed by atoms with Gasteiger partial charge in [0, 0.05) is 25.3 Å². The van der Waals surface area contributed by atoms with Gasteiger partial charge in [0.2, 0.25) is 0 Å². The lowest BCUT2D eigenvalue weighted by molar-refractivity contribution is -0.138. The molecular weight excluding hydrogens is 270 g/mol. The Kier molecular flexibility index (Phi) is 7.01. The van der Waals surface area contributed by atoms with Gasteiger partial charge in [0.25, 0.3) is 5.78 Å². The molecule has 0 saturated heterocycles. The molecule has 0 fully saturated rings. The molecule has 1 aromatic carbocycles. The van der Waals surface area contributed by atoms with Crippen LogP contribution in [0.2, 0.25) is 0 Å². The van der Waals surface area contributed by atoms with Crippen LogP contribution in [-0.2, 0) is 14.3 Å². The topological polar surface area (TPSA) is 55.8 Å². The predicted octanol–water partition coefficient (Wildman–Crippen LogP) is 2.42. The molecule has 0 unspecified atom stereocenters.